The third-order valence-corrected chi connectivity index (χ3v) is 6.55. The van der Waals surface area contributed by atoms with Gasteiger partial charge in [0.05, 0.1) is 44.3 Å². The molecule has 4 rings (SSSR count). The third-order valence-electron chi connectivity index (χ3n) is 3.98. The molecular formula is C18H17Cl2N7O2S2. The van der Waals surface area contributed by atoms with E-state index in [1.165, 1.54) is 23.1 Å². The predicted octanol–water partition coefficient (Wildman–Crippen LogP) is 4.54. The number of aliphatic hydroxyl groups excluding tert-OH is 1. The quantitative estimate of drug-likeness (QED) is 0.393. The first-order valence-electron chi connectivity index (χ1n) is 9.21. The number of hydrogen-bond donors (Lipinski definition) is 1. The number of aliphatic hydroxyl groups is 1. The maximum Gasteiger partial charge on any atom is 0.273 e. The number of fused-ring (bicyclic) bond motifs is 1. The molecule has 1 atom stereocenters. The average molecular weight is 498 g/mol. The van der Waals surface area contributed by atoms with E-state index in [4.69, 9.17) is 37.9 Å². The lowest BCUT2D eigenvalue weighted by Crippen LogP contribution is -2.12. The summed E-state index contributed by atoms with van der Waals surface area (Å²) < 4.78 is 7.22. The summed E-state index contributed by atoms with van der Waals surface area (Å²) in [5.74, 6) is 0. The molecule has 31 heavy (non-hydrogen) atoms. The predicted molar refractivity (Wildman–Crippen MR) is 120 cm³/mol. The van der Waals surface area contributed by atoms with E-state index in [-0.39, 0.29) is 12.6 Å². The van der Waals surface area contributed by atoms with E-state index in [2.05, 4.69) is 20.5 Å². The van der Waals surface area contributed by atoms with Crippen LogP contribution in [0.5, 0.6) is 5.19 Å². The van der Waals surface area contributed by atoms with Gasteiger partial charge < -0.3 is 9.84 Å². The molecule has 0 saturated carbocycles. The molecule has 1 unspecified atom stereocenters. The summed E-state index contributed by atoms with van der Waals surface area (Å²) in [5, 5.41) is 23.8. The molecule has 0 aliphatic rings. The lowest BCUT2D eigenvalue weighted by atomic mass is 10.3. The van der Waals surface area contributed by atoms with Gasteiger partial charge in [-0.15, -0.1) is 5.10 Å². The van der Waals surface area contributed by atoms with Crippen LogP contribution in [-0.2, 0) is 0 Å². The largest absolute Gasteiger partial charge is 0.467 e. The minimum Gasteiger partial charge on any atom is -0.467 e. The number of hydrogen-bond acceptors (Lipinski definition) is 10. The molecule has 13 heteroatoms. The van der Waals surface area contributed by atoms with Gasteiger partial charge in [0.15, 0.2) is 0 Å². The summed E-state index contributed by atoms with van der Waals surface area (Å²) in [7, 11) is 0. The molecule has 0 saturated heterocycles. The molecule has 0 spiro atoms. The molecule has 1 aromatic carbocycles. The Bertz CT molecular complexity index is 1230. The summed E-state index contributed by atoms with van der Waals surface area (Å²) >= 11 is 15.0. The van der Waals surface area contributed by atoms with Crippen LogP contribution in [0.4, 0.5) is 0 Å². The van der Waals surface area contributed by atoms with Crippen molar-refractivity contribution in [1.82, 2.24) is 35.2 Å². The zero-order valence-electron chi connectivity index (χ0n) is 16.7. The second kappa shape index (κ2) is 9.21. The number of benzene rings is 1. The fourth-order valence-corrected chi connectivity index (χ4v) is 4.69. The summed E-state index contributed by atoms with van der Waals surface area (Å²) in [5.41, 5.74) is 1.79. The Morgan fingerprint density at radius 3 is 2.55 bits per heavy atom. The summed E-state index contributed by atoms with van der Waals surface area (Å²) in [6.45, 7) is 5.77. The molecule has 3 aromatic heterocycles. The van der Waals surface area contributed by atoms with E-state index in [9.17, 15) is 5.11 Å². The Labute approximate surface area is 195 Å². The van der Waals surface area contributed by atoms with Crippen LogP contribution in [0.15, 0.2) is 28.5 Å². The minimum absolute atomic E-state index is 0.0755. The zero-order chi connectivity index (χ0) is 22.1. The van der Waals surface area contributed by atoms with Gasteiger partial charge in [-0.3, -0.25) is 0 Å². The van der Waals surface area contributed by atoms with Crippen molar-refractivity contribution in [2.75, 3.05) is 6.61 Å². The van der Waals surface area contributed by atoms with Crippen LogP contribution in [0.25, 0.3) is 21.6 Å². The molecule has 3 heterocycles. The van der Waals surface area contributed by atoms with E-state index >= 15 is 0 Å². The molecule has 0 aliphatic carbocycles. The Morgan fingerprint density at radius 2 is 1.87 bits per heavy atom. The number of ether oxygens (including phenoxy) is 1. The maximum atomic E-state index is 9.44. The summed E-state index contributed by atoms with van der Waals surface area (Å²) in [6.07, 6.45) is 1.06. The van der Waals surface area contributed by atoms with Crippen LogP contribution in [0.1, 0.15) is 26.8 Å². The molecule has 0 amide bonds. The SMILES string of the molecule is CC(O)COc1ncc(-c2nc3cc(Cl)c(Cl)cc3nc2Sc2nnnn2C(C)C)s1. The minimum atomic E-state index is -0.597. The van der Waals surface area contributed by atoms with Gasteiger partial charge in [-0.2, -0.15) is 0 Å². The lowest BCUT2D eigenvalue weighted by Gasteiger charge is -2.10. The Morgan fingerprint density at radius 1 is 1.16 bits per heavy atom. The van der Waals surface area contributed by atoms with Gasteiger partial charge in [-0.05, 0) is 55.1 Å². The maximum absolute atomic E-state index is 9.44. The van der Waals surface area contributed by atoms with Crippen molar-refractivity contribution in [3.63, 3.8) is 0 Å². The number of thiazole rings is 1. The molecule has 0 radical (unpaired) electrons. The number of tetrazole rings is 1. The van der Waals surface area contributed by atoms with E-state index in [1.54, 1.807) is 29.9 Å². The van der Waals surface area contributed by atoms with Gasteiger partial charge in [0, 0.05) is 0 Å². The Hall–Kier alpha value is -2.05. The van der Waals surface area contributed by atoms with Crippen LogP contribution in [-0.4, -0.2) is 53.0 Å². The van der Waals surface area contributed by atoms with Gasteiger partial charge in [0.2, 0.25) is 5.16 Å². The average Bonchev–Trinajstić information content (AvgIpc) is 3.37. The highest BCUT2D eigenvalue weighted by molar-refractivity contribution is 7.99. The van der Waals surface area contributed by atoms with E-state index in [1.807, 2.05) is 13.8 Å². The topological polar surface area (TPSA) is 112 Å². The number of aromatic nitrogens is 7. The highest BCUT2D eigenvalue weighted by Crippen LogP contribution is 2.39. The fraction of sp³-hybridized carbons (Fsp3) is 0.333. The van der Waals surface area contributed by atoms with Crippen LogP contribution in [0, 0.1) is 0 Å². The number of rotatable bonds is 7. The van der Waals surface area contributed by atoms with E-state index in [0.29, 0.717) is 42.1 Å². The standard InChI is InChI=1S/C18H17Cl2N7O2S2/c1-8(2)27-17(24-25-26-27)31-16-15(14-6-21-18(30-14)29-7-9(3)28)22-12-4-10(19)11(20)5-13(12)23-16/h4-6,8-9,28H,7H2,1-3H3. The first-order chi connectivity index (χ1) is 14.8. The normalized spacial score (nSPS) is 12.6. The number of halogens is 2. The molecule has 1 N–H and O–H groups in total. The summed E-state index contributed by atoms with van der Waals surface area (Å²) in [4.78, 5) is 14.5. The second-order valence-electron chi connectivity index (χ2n) is 6.88. The third kappa shape index (κ3) is 4.90. The Balaban J connectivity index is 1.80. The van der Waals surface area contributed by atoms with Crippen LogP contribution in [0.3, 0.4) is 0 Å². The summed E-state index contributed by atoms with van der Waals surface area (Å²) in [6, 6.07) is 3.43. The highest BCUT2D eigenvalue weighted by atomic mass is 35.5. The van der Waals surface area contributed by atoms with E-state index in [0.717, 1.165) is 4.88 Å². The van der Waals surface area contributed by atoms with Crippen molar-refractivity contribution in [3.05, 3.63) is 28.4 Å². The molecule has 162 valence electrons. The smallest absolute Gasteiger partial charge is 0.273 e. The first-order valence-corrected chi connectivity index (χ1v) is 11.6. The fourth-order valence-electron chi connectivity index (χ4n) is 2.56. The monoisotopic (exact) mass is 497 g/mol. The van der Waals surface area contributed by atoms with Crippen molar-refractivity contribution in [2.24, 2.45) is 0 Å². The highest BCUT2D eigenvalue weighted by Gasteiger charge is 2.20. The molecule has 4 aromatic rings. The van der Waals surface area contributed by atoms with Crippen molar-refractivity contribution < 1.29 is 9.84 Å². The van der Waals surface area contributed by atoms with Crippen molar-refractivity contribution in [1.29, 1.82) is 0 Å². The Kier molecular flexibility index (Phi) is 6.58. The van der Waals surface area contributed by atoms with Gasteiger partial charge >= 0.3 is 0 Å². The van der Waals surface area contributed by atoms with Crippen LogP contribution < -0.4 is 4.74 Å². The molecule has 0 bridgehead atoms. The zero-order valence-corrected chi connectivity index (χ0v) is 19.8. The van der Waals surface area contributed by atoms with Gasteiger partial charge in [0.25, 0.3) is 5.19 Å². The first kappa shape index (κ1) is 22.2. The number of nitrogens with zero attached hydrogens (tertiary/aromatic N) is 7. The van der Waals surface area contributed by atoms with Crippen LogP contribution in [0.2, 0.25) is 10.0 Å². The second-order valence-corrected chi connectivity index (χ2v) is 9.65. The lowest BCUT2D eigenvalue weighted by molar-refractivity contribution is 0.122. The molecule has 0 fully saturated rings. The molecular weight excluding hydrogens is 481 g/mol. The van der Waals surface area contributed by atoms with Gasteiger partial charge in [0.1, 0.15) is 17.3 Å². The van der Waals surface area contributed by atoms with Crippen molar-refractivity contribution in [3.8, 4) is 15.8 Å². The van der Waals surface area contributed by atoms with Gasteiger partial charge in [-0.1, -0.05) is 34.5 Å². The van der Waals surface area contributed by atoms with Gasteiger partial charge in [-0.25, -0.2) is 19.6 Å². The van der Waals surface area contributed by atoms with E-state index < -0.39 is 6.10 Å². The molecule has 9 nitrogen and oxygen atoms in total. The van der Waals surface area contributed by atoms with Crippen LogP contribution >= 0.6 is 46.3 Å². The van der Waals surface area contributed by atoms with Crippen molar-refractivity contribution >= 4 is 57.3 Å². The molecule has 0 aliphatic heterocycles. The van der Waals surface area contributed by atoms with Crippen molar-refractivity contribution in [2.45, 2.75) is 43.1 Å².